The number of carbonyl (C=O) groups is 1. The molecular formula is C20H32OS4. The van der Waals surface area contributed by atoms with E-state index in [0.29, 0.717) is 11.8 Å². The molecule has 0 bridgehead atoms. The molecule has 2 aliphatic rings. The molecule has 0 amide bonds. The lowest BCUT2D eigenvalue weighted by Gasteiger charge is -2.29. The molecule has 0 saturated heterocycles. The van der Waals surface area contributed by atoms with Crippen molar-refractivity contribution in [1.29, 1.82) is 0 Å². The smallest absolute Gasteiger partial charge is 0.161 e. The van der Waals surface area contributed by atoms with Crippen LogP contribution in [-0.2, 0) is 4.79 Å². The Morgan fingerprint density at radius 1 is 0.800 bits per heavy atom. The molecule has 2 rings (SSSR count). The minimum absolute atomic E-state index is 0.163. The van der Waals surface area contributed by atoms with Gasteiger partial charge in [0.1, 0.15) is 4.58 Å². The van der Waals surface area contributed by atoms with Crippen LogP contribution < -0.4 is 0 Å². The minimum Gasteiger partial charge on any atom is -0.297 e. The molecule has 0 radical (unpaired) electrons. The highest BCUT2D eigenvalue weighted by molar-refractivity contribution is 8.37. The molecule has 2 fully saturated rings. The number of Topliss-reactive ketones (excluding diaryl/α,β-unsaturated/α-hetero) is 1. The first-order chi connectivity index (χ1) is 11.8. The summed E-state index contributed by atoms with van der Waals surface area (Å²) in [4.78, 5) is 13.0. The van der Waals surface area contributed by atoms with Crippen molar-refractivity contribution in [2.24, 2.45) is 17.3 Å². The molecular weight excluding hydrogens is 384 g/mol. The van der Waals surface area contributed by atoms with Crippen molar-refractivity contribution in [1.82, 2.24) is 0 Å². The summed E-state index contributed by atoms with van der Waals surface area (Å²) < 4.78 is 1.92. The fraction of sp³-hybridized carbons (Fsp3) is 0.850. The Bertz CT molecular complexity index is 450. The van der Waals surface area contributed by atoms with Crippen LogP contribution in [-0.4, -0.2) is 18.8 Å². The van der Waals surface area contributed by atoms with Gasteiger partial charge in [0.15, 0.2) is 5.78 Å². The quantitative estimate of drug-likeness (QED) is 0.347. The van der Waals surface area contributed by atoms with Crippen LogP contribution in [0.1, 0.15) is 85.0 Å². The Morgan fingerprint density at radius 2 is 1.16 bits per heavy atom. The third-order valence-corrected chi connectivity index (χ3v) is 9.09. The van der Waals surface area contributed by atoms with E-state index in [1.165, 1.54) is 64.2 Å². The maximum Gasteiger partial charge on any atom is 0.161 e. The van der Waals surface area contributed by atoms with E-state index in [2.05, 4.69) is 0 Å². The van der Waals surface area contributed by atoms with E-state index in [1.54, 1.807) is 23.5 Å². The van der Waals surface area contributed by atoms with Gasteiger partial charge in [-0.05, 0) is 25.7 Å². The van der Waals surface area contributed by atoms with Crippen LogP contribution in [0.4, 0.5) is 0 Å². The highest BCUT2D eigenvalue weighted by Gasteiger charge is 2.35. The molecule has 0 aromatic rings. The molecule has 0 aliphatic heterocycles. The molecule has 0 atom stereocenters. The fourth-order valence-corrected chi connectivity index (χ4v) is 7.99. The SMILES string of the molecule is CC(C)(C)C(=O)C(SC(=S)C1CCCCC1)SC(=S)C1CCCCC1. The molecule has 0 heterocycles. The number of ketones is 1. The van der Waals surface area contributed by atoms with Gasteiger partial charge in [0, 0.05) is 17.3 Å². The van der Waals surface area contributed by atoms with Gasteiger partial charge < -0.3 is 0 Å². The van der Waals surface area contributed by atoms with E-state index in [1.807, 2.05) is 20.8 Å². The second-order valence-corrected chi connectivity index (χ2v) is 12.5. The van der Waals surface area contributed by atoms with E-state index in [-0.39, 0.29) is 15.8 Å². The first-order valence-electron chi connectivity index (χ1n) is 9.74. The molecule has 0 unspecified atom stereocenters. The monoisotopic (exact) mass is 416 g/mol. The largest absolute Gasteiger partial charge is 0.297 e. The van der Waals surface area contributed by atoms with Gasteiger partial charge in [-0.15, -0.1) is 0 Å². The molecule has 0 aromatic carbocycles. The van der Waals surface area contributed by atoms with Crippen LogP contribution in [0.25, 0.3) is 0 Å². The molecule has 0 aromatic heterocycles. The average molecular weight is 417 g/mol. The normalized spacial score (nSPS) is 20.6. The van der Waals surface area contributed by atoms with Crippen molar-refractivity contribution in [2.45, 2.75) is 89.6 Å². The maximum atomic E-state index is 13.0. The second-order valence-electron chi connectivity index (χ2n) is 8.49. The van der Waals surface area contributed by atoms with E-state index in [4.69, 9.17) is 24.4 Å². The van der Waals surface area contributed by atoms with Crippen molar-refractivity contribution in [3.05, 3.63) is 0 Å². The number of thioether (sulfide) groups is 2. The summed E-state index contributed by atoms with van der Waals surface area (Å²) in [6.45, 7) is 6.03. The number of hydrogen-bond donors (Lipinski definition) is 0. The maximum absolute atomic E-state index is 13.0. The molecule has 25 heavy (non-hydrogen) atoms. The summed E-state index contributed by atoms with van der Waals surface area (Å²) in [5.74, 6) is 1.29. The zero-order valence-electron chi connectivity index (χ0n) is 15.8. The van der Waals surface area contributed by atoms with Gasteiger partial charge in [0.2, 0.25) is 0 Å². The van der Waals surface area contributed by atoms with Crippen molar-refractivity contribution >= 4 is 62.1 Å². The van der Waals surface area contributed by atoms with Crippen LogP contribution in [0.3, 0.4) is 0 Å². The van der Waals surface area contributed by atoms with Gasteiger partial charge >= 0.3 is 0 Å². The lowest BCUT2D eigenvalue weighted by atomic mass is 9.91. The van der Waals surface area contributed by atoms with E-state index in [9.17, 15) is 4.79 Å². The molecule has 1 nitrogen and oxygen atoms in total. The van der Waals surface area contributed by atoms with Crippen molar-refractivity contribution in [2.75, 3.05) is 0 Å². The molecule has 0 spiro atoms. The number of hydrogen-bond acceptors (Lipinski definition) is 5. The summed E-state index contributed by atoms with van der Waals surface area (Å²) in [5, 5.41) is 0. The highest BCUT2D eigenvalue weighted by atomic mass is 32.2. The van der Waals surface area contributed by atoms with Crippen LogP contribution >= 0.6 is 48.0 Å². The first kappa shape index (κ1) is 21.8. The molecule has 2 aliphatic carbocycles. The van der Waals surface area contributed by atoms with Gasteiger partial charge in [-0.1, -0.05) is 107 Å². The van der Waals surface area contributed by atoms with Crippen LogP contribution in [0.5, 0.6) is 0 Å². The lowest BCUT2D eigenvalue weighted by molar-refractivity contribution is -0.124. The predicted molar refractivity (Wildman–Crippen MR) is 122 cm³/mol. The third kappa shape index (κ3) is 6.90. The van der Waals surface area contributed by atoms with Gasteiger partial charge in [0.25, 0.3) is 0 Å². The Kier molecular flexibility index (Phi) is 8.91. The summed E-state index contributed by atoms with van der Waals surface area (Å²) in [6, 6.07) is 0. The number of carbonyl (C=O) groups excluding carboxylic acids is 1. The summed E-state index contributed by atoms with van der Waals surface area (Å²) in [5.41, 5.74) is -0.352. The Labute approximate surface area is 173 Å². The molecule has 5 heteroatoms. The average Bonchev–Trinajstić information content (AvgIpc) is 2.61. The minimum atomic E-state index is -0.352. The van der Waals surface area contributed by atoms with E-state index < -0.39 is 0 Å². The summed E-state index contributed by atoms with van der Waals surface area (Å²) >= 11 is 14.8. The zero-order valence-corrected chi connectivity index (χ0v) is 19.1. The van der Waals surface area contributed by atoms with Crippen molar-refractivity contribution in [3.63, 3.8) is 0 Å². The Balaban J connectivity index is 2.02. The van der Waals surface area contributed by atoms with Crippen molar-refractivity contribution < 1.29 is 4.79 Å². The predicted octanol–water partition coefficient (Wildman–Crippen LogP) is 7.21. The third-order valence-electron chi connectivity index (χ3n) is 5.28. The zero-order chi connectivity index (χ0) is 18.4. The van der Waals surface area contributed by atoms with E-state index >= 15 is 0 Å². The molecule has 142 valence electrons. The van der Waals surface area contributed by atoms with Gasteiger partial charge in [-0.2, -0.15) is 0 Å². The topological polar surface area (TPSA) is 17.1 Å². The van der Waals surface area contributed by atoms with Gasteiger partial charge in [0.05, 0.1) is 8.39 Å². The number of rotatable bonds is 5. The summed E-state index contributed by atoms with van der Waals surface area (Å²) in [7, 11) is 0. The fourth-order valence-electron chi connectivity index (χ4n) is 3.56. The highest BCUT2D eigenvalue weighted by Crippen LogP contribution is 2.40. The Hall–Kier alpha value is 0.550. The van der Waals surface area contributed by atoms with Crippen molar-refractivity contribution in [3.8, 4) is 0 Å². The number of thiocarbonyl (C=S) groups is 2. The molecule has 0 N–H and O–H groups in total. The van der Waals surface area contributed by atoms with Gasteiger partial charge in [-0.3, -0.25) is 4.79 Å². The van der Waals surface area contributed by atoms with Crippen LogP contribution in [0.15, 0.2) is 0 Å². The van der Waals surface area contributed by atoms with Gasteiger partial charge in [-0.25, -0.2) is 0 Å². The Morgan fingerprint density at radius 3 is 1.48 bits per heavy atom. The standard InChI is InChI=1S/C20H32OS4/c1-20(2,3)16(21)19(24-17(22)14-10-6-4-7-11-14)25-18(23)15-12-8-5-9-13-15/h14-15,19H,4-13H2,1-3H3. The second kappa shape index (κ2) is 10.2. The lowest BCUT2D eigenvalue weighted by Crippen LogP contribution is -2.31. The van der Waals surface area contributed by atoms with E-state index in [0.717, 1.165) is 8.39 Å². The van der Waals surface area contributed by atoms with Crippen LogP contribution in [0, 0.1) is 17.3 Å². The first-order valence-corrected chi connectivity index (χ1v) is 12.3. The van der Waals surface area contributed by atoms with Crippen LogP contribution in [0.2, 0.25) is 0 Å². The molecule has 2 saturated carbocycles. The summed E-state index contributed by atoms with van der Waals surface area (Å²) in [6.07, 6.45) is 12.5.